The van der Waals surface area contributed by atoms with Crippen LogP contribution in [0.15, 0.2) is 85.2 Å². The summed E-state index contributed by atoms with van der Waals surface area (Å²) in [4.78, 5) is 24.0. The molecule has 150 valence electrons. The van der Waals surface area contributed by atoms with Crippen molar-refractivity contribution < 1.29 is 4.79 Å². The molecule has 2 heterocycles. The maximum atomic E-state index is 13.0. The van der Waals surface area contributed by atoms with Gasteiger partial charge in [-0.2, -0.15) is 0 Å². The van der Waals surface area contributed by atoms with Gasteiger partial charge >= 0.3 is 0 Å². The van der Waals surface area contributed by atoms with Crippen molar-refractivity contribution in [3.8, 4) is 11.3 Å². The molecular formula is C25H24N4O. The second-order valence-corrected chi connectivity index (χ2v) is 7.17. The topological polar surface area (TPSA) is 58.1 Å². The van der Waals surface area contributed by atoms with E-state index in [1.807, 2.05) is 60.7 Å². The number of aromatic nitrogens is 2. The summed E-state index contributed by atoms with van der Waals surface area (Å²) >= 11 is 0. The van der Waals surface area contributed by atoms with Crippen molar-refractivity contribution in [2.45, 2.75) is 6.42 Å². The number of pyridine rings is 2. The maximum absolute atomic E-state index is 13.0. The molecule has 30 heavy (non-hydrogen) atoms. The fourth-order valence-electron chi connectivity index (χ4n) is 3.46. The Bertz CT molecular complexity index is 1130. The predicted molar refractivity (Wildman–Crippen MR) is 122 cm³/mol. The van der Waals surface area contributed by atoms with Crippen molar-refractivity contribution in [3.63, 3.8) is 0 Å². The van der Waals surface area contributed by atoms with Gasteiger partial charge in [0.1, 0.15) is 0 Å². The number of nitrogens with one attached hydrogen (secondary N) is 1. The molecule has 0 spiro atoms. The molecule has 1 N–H and O–H groups in total. The Hall–Kier alpha value is -3.73. The van der Waals surface area contributed by atoms with E-state index >= 15 is 0 Å². The lowest BCUT2D eigenvalue weighted by molar-refractivity contribution is 0.0955. The van der Waals surface area contributed by atoms with Gasteiger partial charge in [0.05, 0.1) is 16.8 Å². The maximum Gasteiger partial charge on any atom is 0.252 e. The van der Waals surface area contributed by atoms with E-state index in [1.165, 1.54) is 5.69 Å². The molecule has 2 aromatic carbocycles. The van der Waals surface area contributed by atoms with Crippen LogP contribution in [0.1, 0.15) is 16.8 Å². The lowest BCUT2D eigenvalue weighted by Gasteiger charge is -2.19. The number of rotatable bonds is 7. The normalized spacial score (nSPS) is 10.7. The second-order valence-electron chi connectivity index (χ2n) is 7.17. The van der Waals surface area contributed by atoms with Gasteiger partial charge in [-0.1, -0.05) is 36.4 Å². The Balaban J connectivity index is 1.47. The molecule has 5 nitrogen and oxygen atoms in total. The smallest absolute Gasteiger partial charge is 0.252 e. The number of hydrogen-bond donors (Lipinski definition) is 1. The van der Waals surface area contributed by atoms with Gasteiger partial charge in [0.2, 0.25) is 0 Å². The standard InChI is InChI=1S/C25H24N4O/c1-29(20-8-3-2-4-9-20)17-7-14-27-25(30)22-18-24(19-12-15-26-16-13-19)28-23-11-6-5-10-21(22)23/h2-6,8-13,15-16,18H,7,14,17H2,1H3,(H,27,30). The van der Waals surface area contributed by atoms with Gasteiger partial charge in [-0.25, -0.2) is 4.98 Å². The number of benzene rings is 2. The van der Waals surface area contributed by atoms with Crippen molar-refractivity contribution in [1.82, 2.24) is 15.3 Å². The first-order chi connectivity index (χ1) is 14.7. The number of nitrogens with zero attached hydrogens (tertiary/aromatic N) is 3. The zero-order chi connectivity index (χ0) is 20.8. The van der Waals surface area contributed by atoms with Crippen LogP contribution >= 0.6 is 0 Å². The van der Waals surface area contributed by atoms with Gasteiger partial charge < -0.3 is 10.2 Å². The van der Waals surface area contributed by atoms with Crippen LogP contribution in [-0.4, -0.2) is 36.0 Å². The van der Waals surface area contributed by atoms with Crippen LogP contribution in [0.5, 0.6) is 0 Å². The molecule has 1 amide bonds. The molecule has 2 aromatic heterocycles. The van der Waals surface area contributed by atoms with Gasteiger partial charge in [-0.15, -0.1) is 0 Å². The molecule has 4 aromatic rings. The number of fused-ring (bicyclic) bond motifs is 1. The summed E-state index contributed by atoms with van der Waals surface area (Å²) in [6.45, 7) is 1.47. The second kappa shape index (κ2) is 9.18. The number of amides is 1. The first-order valence-electron chi connectivity index (χ1n) is 10.1. The molecule has 4 rings (SSSR count). The van der Waals surface area contributed by atoms with E-state index in [0.717, 1.165) is 35.1 Å². The molecule has 0 radical (unpaired) electrons. The zero-order valence-electron chi connectivity index (χ0n) is 17.0. The molecule has 0 saturated carbocycles. The molecule has 0 aliphatic rings. The summed E-state index contributed by atoms with van der Waals surface area (Å²) in [7, 11) is 2.06. The minimum absolute atomic E-state index is 0.0775. The number of carbonyl (C=O) groups is 1. The SMILES string of the molecule is CN(CCCNC(=O)c1cc(-c2ccncc2)nc2ccccc12)c1ccccc1. The molecule has 0 bridgehead atoms. The largest absolute Gasteiger partial charge is 0.375 e. The molecule has 0 aliphatic heterocycles. The van der Waals surface area contributed by atoms with Crippen LogP contribution in [0.4, 0.5) is 5.69 Å². The highest BCUT2D eigenvalue weighted by Crippen LogP contribution is 2.24. The first-order valence-corrected chi connectivity index (χ1v) is 10.1. The Labute approximate surface area is 176 Å². The quantitative estimate of drug-likeness (QED) is 0.466. The summed E-state index contributed by atoms with van der Waals surface area (Å²) < 4.78 is 0. The third-order valence-electron chi connectivity index (χ3n) is 5.09. The van der Waals surface area contributed by atoms with Crippen molar-refractivity contribution in [2.75, 3.05) is 25.0 Å². The Morgan fingerprint density at radius 1 is 0.967 bits per heavy atom. The van der Waals surface area contributed by atoms with Crippen molar-refractivity contribution >= 4 is 22.5 Å². The molecule has 0 atom stereocenters. The van der Waals surface area contributed by atoms with Crippen molar-refractivity contribution in [1.29, 1.82) is 0 Å². The lowest BCUT2D eigenvalue weighted by Crippen LogP contribution is -2.28. The van der Waals surface area contributed by atoms with Gasteiger partial charge in [0.15, 0.2) is 0 Å². The molecule has 0 saturated heterocycles. The number of para-hydroxylation sites is 2. The van der Waals surface area contributed by atoms with Crippen LogP contribution in [0.25, 0.3) is 22.2 Å². The summed E-state index contributed by atoms with van der Waals surface area (Å²) in [5, 5.41) is 3.93. The molecule has 0 fully saturated rings. The van der Waals surface area contributed by atoms with E-state index < -0.39 is 0 Å². The van der Waals surface area contributed by atoms with Crippen molar-refractivity contribution in [2.24, 2.45) is 0 Å². The third kappa shape index (κ3) is 4.46. The van der Waals surface area contributed by atoms with E-state index in [0.29, 0.717) is 12.1 Å². The van der Waals surface area contributed by atoms with E-state index in [1.54, 1.807) is 12.4 Å². The lowest BCUT2D eigenvalue weighted by atomic mass is 10.0. The van der Waals surface area contributed by atoms with E-state index in [2.05, 4.69) is 34.4 Å². The fraction of sp³-hybridized carbons (Fsp3) is 0.160. The number of carbonyl (C=O) groups excluding carboxylic acids is 1. The Kier molecular flexibility index (Phi) is 5.99. The highest BCUT2D eigenvalue weighted by Gasteiger charge is 2.13. The van der Waals surface area contributed by atoms with E-state index in [4.69, 9.17) is 4.98 Å². The average molecular weight is 396 g/mol. The van der Waals surface area contributed by atoms with E-state index in [-0.39, 0.29) is 5.91 Å². The van der Waals surface area contributed by atoms with Gasteiger partial charge in [-0.05, 0) is 42.8 Å². The average Bonchev–Trinajstić information content (AvgIpc) is 2.82. The van der Waals surface area contributed by atoms with Gasteiger partial charge in [0, 0.05) is 49.2 Å². The Morgan fingerprint density at radius 3 is 2.50 bits per heavy atom. The highest BCUT2D eigenvalue weighted by atomic mass is 16.1. The minimum Gasteiger partial charge on any atom is -0.375 e. The van der Waals surface area contributed by atoms with Gasteiger partial charge in [-0.3, -0.25) is 9.78 Å². The monoisotopic (exact) mass is 396 g/mol. The van der Waals surface area contributed by atoms with Crippen LogP contribution in [0.2, 0.25) is 0 Å². The minimum atomic E-state index is -0.0775. The summed E-state index contributed by atoms with van der Waals surface area (Å²) in [6.07, 6.45) is 4.32. The molecular weight excluding hydrogens is 372 g/mol. The summed E-state index contributed by atoms with van der Waals surface area (Å²) in [6, 6.07) is 23.7. The molecule has 5 heteroatoms. The fourth-order valence-corrected chi connectivity index (χ4v) is 3.46. The zero-order valence-corrected chi connectivity index (χ0v) is 17.0. The molecule has 0 aliphatic carbocycles. The summed E-state index contributed by atoms with van der Waals surface area (Å²) in [5.74, 6) is -0.0775. The highest BCUT2D eigenvalue weighted by molar-refractivity contribution is 6.07. The predicted octanol–water partition coefficient (Wildman–Crippen LogP) is 4.55. The third-order valence-corrected chi connectivity index (χ3v) is 5.09. The van der Waals surface area contributed by atoms with Crippen LogP contribution in [0.3, 0.4) is 0 Å². The van der Waals surface area contributed by atoms with Gasteiger partial charge in [0.25, 0.3) is 5.91 Å². The Morgan fingerprint density at radius 2 is 1.70 bits per heavy atom. The molecule has 0 unspecified atom stereocenters. The number of hydrogen-bond acceptors (Lipinski definition) is 4. The van der Waals surface area contributed by atoms with Crippen LogP contribution in [0, 0.1) is 0 Å². The van der Waals surface area contributed by atoms with E-state index in [9.17, 15) is 4.79 Å². The first kappa shape index (κ1) is 19.6. The van der Waals surface area contributed by atoms with Crippen LogP contribution in [-0.2, 0) is 0 Å². The van der Waals surface area contributed by atoms with Crippen molar-refractivity contribution in [3.05, 3.63) is 90.8 Å². The summed E-state index contributed by atoms with van der Waals surface area (Å²) in [5.41, 5.74) is 4.33. The number of anilines is 1. The van der Waals surface area contributed by atoms with Crippen LogP contribution < -0.4 is 10.2 Å².